The zero-order valence-corrected chi connectivity index (χ0v) is 11.1. The molecule has 7 heteroatoms. The fourth-order valence-corrected chi connectivity index (χ4v) is 2.57. The third kappa shape index (κ3) is 5.32. The minimum absolute atomic E-state index is 0.0522. The van der Waals surface area contributed by atoms with Gasteiger partial charge in [-0.25, -0.2) is 4.79 Å². The summed E-state index contributed by atoms with van der Waals surface area (Å²) < 4.78 is 0. The smallest absolute Gasteiger partial charge is 0.451 e. The van der Waals surface area contributed by atoms with E-state index in [0.29, 0.717) is 18.4 Å². The third-order valence-corrected chi connectivity index (χ3v) is 3.55. The summed E-state index contributed by atoms with van der Waals surface area (Å²) in [6.45, 7) is 1.87. The second-order valence-electron chi connectivity index (χ2n) is 4.92. The van der Waals surface area contributed by atoms with Gasteiger partial charge in [-0.3, -0.25) is 0 Å². The largest absolute Gasteiger partial charge is 0.478 e. The molecule has 0 bridgehead atoms. The Morgan fingerprint density at radius 3 is 2.42 bits per heavy atom. The van der Waals surface area contributed by atoms with Gasteiger partial charge in [-0.2, -0.15) is 0 Å². The Hall–Kier alpha value is -0.885. The van der Waals surface area contributed by atoms with Crippen LogP contribution in [0, 0.1) is 5.92 Å². The van der Waals surface area contributed by atoms with E-state index in [4.69, 9.17) is 15.8 Å². The van der Waals surface area contributed by atoms with Crippen LogP contribution in [0.1, 0.15) is 25.7 Å². The van der Waals surface area contributed by atoms with Gasteiger partial charge >= 0.3 is 13.1 Å². The Morgan fingerprint density at radius 2 is 1.95 bits per heavy atom. The minimum Gasteiger partial charge on any atom is -0.478 e. The molecule has 0 saturated carbocycles. The van der Waals surface area contributed by atoms with Crippen LogP contribution in [-0.2, 0) is 4.79 Å². The van der Waals surface area contributed by atoms with Crippen molar-refractivity contribution in [3.05, 3.63) is 11.1 Å². The zero-order valence-electron chi connectivity index (χ0n) is 11.1. The van der Waals surface area contributed by atoms with Gasteiger partial charge in [-0.1, -0.05) is 6.42 Å². The van der Waals surface area contributed by atoms with Crippen LogP contribution in [0.2, 0.25) is 6.32 Å². The maximum Gasteiger partial charge on any atom is 0.451 e. The Morgan fingerprint density at radius 1 is 1.32 bits per heavy atom. The number of carbonyl (C=O) groups is 1. The van der Waals surface area contributed by atoms with Crippen molar-refractivity contribution in [3.63, 3.8) is 0 Å². The quantitative estimate of drug-likeness (QED) is 0.317. The fourth-order valence-electron chi connectivity index (χ4n) is 2.57. The van der Waals surface area contributed by atoms with Crippen LogP contribution in [0.25, 0.3) is 0 Å². The zero-order chi connectivity index (χ0) is 14.3. The van der Waals surface area contributed by atoms with Gasteiger partial charge in [-0.15, -0.1) is 0 Å². The normalized spacial score (nSPS) is 18.1. The first kappa shape index (κ1) is 16.2. The number of hydrogen-bond acceptors (Lipinski definition) is 5. The molecule has 0 amide bonds. The lowest BCUT2D eigenvalue weighted by Crippen LogP contribution is -2.31. The predicted molar refractivity (Wildman–Crippen MR) is 73.5 cm³/mol. The number of hydrogen-bond donors (Lipinski definition) is 5. The molecule has 0 radical (unpaired) electrons. The van der Waals surface area contributed by atoms with Gasteiger partial charge in [0, 0.05) is 12.1 Å². The van der Waals surface area contributed by atoms with Crippen LogP contribution < -0.4 is 11.1 Å². The van der Waals surface area contributed by atoms with Crippen molar-refractivity contribution in [2.45, 2.75) is 32.0 Å². The molecule has 108 valence electrons. The maximum atomic E-state index is 11.5. The second-order valence-corrected chi connectivity index (χ2v) is 4.92. The molecule has 1 rings (SSSR count). The molecule has 19 heavy (non-hydrogen) atoms. The van der Waals surface area contributed by atoms with E-state index in [9.17, 15) is 9.90 Å². The molecule has 0 aliphatic carbocycles. The molecule has 1 heterocycles. The number of nitrogens with one attached hydrogen (secondary N) is 1. The van der Waals surface area contributed by atoms with Gasteiger partial charge in [0.2, 0.25) is 0 Å². The molecule has 6 N–H and O–H groups in total. The van der Waals surface area contributed by atoms with E-state index in [1.807, 2.05) is 0 Å². The van der Waals surface area contributed by atoms with E-state index < -0.39 is 13.1 Å². The molecular formula is C12H23BN2O4. The highest BCUT2D eigenvalue weighted by atomic mass is 16.4. The first-order valence-electron chi connectivity index (χ1n) is 6.78. The summed E-state index contributed by atoms with van der Waals surface area (Å²) in [7, 11) is -1.34. The molecular weight excluding hydrogens is 247 g/mol. The summed E-state index contributed by atoms with van der Waals surface area (Å²) in [4.78, 5) is 11.5. The first-order chi connectivity index (χ1) is 9.06. The molecule has 0 atom stereocenters. The van der Waals surface area contributed by atoms with E-state index in [0.717, 1.165) is 31.5 Å². The lowest BCUT2D eigenvalue weighted by molar-refractivity contribution is -0.133. The maximum absolute atomic E-state index is 11.5. The van der Waals surface area contributed by atoms with Crippen molar-refractivity contribution >= 4 is 13.1 Å². The van der Waals surface area contributed by atoms with E-state index in [-0.39, 0.29) is 18.8 Å². The summed E-state index contributed by atoms with van der Waals surface area (Å²) in [5.41, 5.74) is 6.85. The third-order valence-electron chi connectivity index (χ3n) is 3.55. The molecule has 1 aliphatic heterocycles. The molecule has 0 spiro atoms. The summed E-state index contributed by atoms with van der Waals surface area (Å²) in [5, 5.41) is 30.2. The van der Waals surface area contributed by atoms with Crippen molar-refractivity contribution in [1.82, 2.24) is 5.32 Å². The van der Waals surface area contributed by atoms with Gasteiger partial charge in [0.25, 0.3) is 0 Å². The van der Waals surface area contributed by atoms with Gasteiger partial charge < -0.3 is 26.2 Å². The average molecular weight is 270 g/mol. The van der Waals surface area contributed by atoms with Crippen LogP contribution in [0.3, 0.4) is 0 Å². The van der Waals surface area contributed by atoms with Crippen molar-refractivity contribution in [3.8, 4) is 0 Å². The Labute approximate surface area is 113 Å². The summed E-state index contributed by atoms with van der Waals surface area (Å²) in [6, 6.07) is 0. The summed E-state index contributed by atoms with van der Waals surface area (Å²) >= 11 is 0. The van der Waals surface area contributed by atoms with Crippen LogP contribution in [-0.4, -0.2) is 47.9 Å². The molecule has 0 aromatic carbocycles. The molecule has 0 unspecified atom stereocenters. The minimum atomic E-state index is -1.34. The second kappa shape index (κ2) is 8.32. The van der Waals surface area contributed by atoms with Crippen LogP contribution in [0.4, 0.5) is 0 Å². The molecule has 0 aromatic rings. The van der Waals surface area contributed by atoms with Crippen molar-refractivity contribution in [2.24, 2.45) is 11.7 Å². The van der Waals surface area contributed by atoms with Crippen molar-refractivity contribution in [2.75, 3.05) is 19.6 Å². The van der Waals surface area contributed by atoms with Crippen LogP contribution >= 0.6 is 0 Å². The lowest BCUT2D eigenvalue weighted by Gasteiger charge is -2.25. The highest BCUT2D eigenvalue weighted by Gasteiger charge is 2.25. The Kier molecular flexibility index (Phi) is 7.08. The van der Waals surface area contributed by atoms with Gasteiger partial charge in [0.1, 0.15) is 0 Å². The summed E-state index contributed by atoms with van der Waals surface area (Å²) in [6.07, 6.45) is 2.91. The van der Waals surface area contributed by atoms with Crippen molar-refractivity contribution in [1.29, 1.82) is 0 Å². The number of aliphatic carboxylic acids is 1. The van der Waals surface area contributed by atoms with Crippen LogP contribution in [0.5, 0.6) is 0 Å². The average Bonchev–Trinajstić information content (AvgIpc) is 2.37. The molecule has 1 saturated heterocycles. The van der Waals surface area contributed by atoms with Gasteiger partial charge in [0.05, 0.1) is 0 Å². The topological polar surface area (TPSA) is 116 Å². The number of rotatable bonds is 7. The highest BCUT2D eigenvalue weighted by molar-refractivity contribution is 6.40. The fraction of sp³-hybridized carbons (Fsp3) is 0.750. The van der Waals surface area contributed by atoms with Crippen LogP contribution in [0.15, 0.2) is 11.1 Å². The van der Waals surface area contributed by atoms with E-state index >= 15 is 0 Å². The molecule has 1 aliphatic rings. The lowest BCUT2D eigenvalue weighted by atomic mass is 9.81. The number of nitrogens with two attached hydrogens (primary N) is 1. The van der Waals surface area contributed by atoms with E-state index in [2.05, 4.69) is 5.32 Å². The highest BCUT2D eigenvalue weighted by Crippen LogP contribution is 2.26. The van der Waals surface area contributed by atoms with Gasteiger partial charge in [0.15, 0.2) is 0 Å². The standard InChI is InChI=1S/C12H23BN2O4/c14-8-10(2-1-5-13(18)19)11(12(16)17)9-3-6-15-7-4-9/h9,15,18-19H,1-8,14H2,(H,16,17)/b11-10-. The molecule has 6 nitrogen and oxygen atoms in total. The molecule has 0 aromatic heterocycles. The van der Waals surface area contributed by atoms with Crippen molar-refractivity contribution < 1.29 is 19.9 Å². The van der Waals surface area contributed by atoms with E-state index in [1.54, 1.807) is 0 Å². The number of piperidine rings is 1. The monoisotopic (exact) mass is 270 g/mol. The number of carboxylic acids is 1. The predicted octanol–water partition coefficient (Wildman–Crippen LogP) is -0.421. The van der Waals surface area contributed by atoms with E-state index in [1.165, 1.54) is 0 Å². The number of carboxylic acid groups (broad SMARTS) is 1. The Bertz CT molecular complexity index is 328. The SMILES string of the molecule is NC/C(CCCB(O)O)=C(\C(=O)O)C1CCNCC1. The first-order valence-corrected chi connectivity index (χ1v) is 6.78. The van der Waals surface area contributed by atoms with Gasteiger partial charge in [-0.05, 0) is 50.2 Å². The summed E-state index contributed by atoms with van der Waals surface area (Å²) in [5.74, 6) is -0.840. The Balaban J connectivity index is 2.76. The molecule has 1 fully saturated rings.